The van der Waals surface area contributed by atoms with E-state index < -0.39 is 12.4 Å². The highest BCUT2D eigenvalue weighted by atomic mass is 35.5. The second kappa shape index (κ2) is 3.56. The van der Waals surface area contributed by atoms with Gasteiger partial charge in [0.2, 0.25) is 0 Å². The molecule has 0 fully saturated rings. The number of aliphatic hydroxyl groups is 1. The number of rotatable bonds is 2. The van der Waals surface area contributed by atoms with Crippen molar-refractivity contribution in [3.05, 3.63) is 28.8 Å². The maximum atomic E-state index is 11.0. The van der Waals surface area contributed by atoms with Crippen LogP contribution in [0.1, 0.15) is 10.4 Å². The zero-order chi connectivity index (χ0) is 9.14. The minimum Gasteiger partial charge on any atom is -0.398 e. The minimum absolute atomic E-state index is 0.269. The van der Waals surface area contributed by atoms with Gasteiger partial charge in [-0.2, -0.15) is 0 Å². The molecule has 0 saturated carbocycles. The van der Waals surface area contributed by atoms with E-state index in [1.54, 1.807) is 6.07 Å². The Morgan fingerprint density at radius 2 is 2.25 bits per heavy atom. The first-order valence-electron chi connectivity index (χ1n) is 3.34. The molecule has 0 aliphatic heterocycles. The number of hydrogen-bond acceptors (Lipinski definition) is 3. The third kappa shape index (κ3) is 1.75. The van der Waals surface area contributed by atoms with Crippen LogP contribution in [0, 0.1) is 0 Å². The van der Waals surface area contributed by atoms with E-state index in [1.807, 2.05) is 0 Å². The number of Topliss-reactive ketones (excluding diaryl/α,β-unsaturated/α-hetero) is 1. The summed E-state index contributed by atoms with van der Waals surface area (Å²) in [6.45, 7) is -0.551. The van der Waals surface area contributed by atoms with Crippen molar-refractivity contribution in [1.29, 1.82) is 0 Å². The fourth-order valence-corrected chi connectivity index (χ4v) is 1.03. The first-order valence-corrected chi connectivity index (χ1v) is 3.72. The van der Waals surface area contributed by atoms with Crippen LogP contribution in [0.5, 0.6) is 0 Å². The minimum atomic E-state index is -0.551. The molecule has 0 spiro atoms. The average molecular weight is 186 g/mol. The molecule has 1 aromatic carbocycles. The first-order chi connectivity index (χ1) is 5.65. The zero-order valence-corrected chi connectivity index (χ0v) is 7.01. The smallest absolute Gasteiger partial charge is 0.190 e. The second-order valence-corrected chi connectivity index (χ2v) is 2.75. The summed E-state index contributed by atoms with van der Waals surface area (Å²) in [5.41, 5.74) is 6.08. The summed E-state index contributed by atoms with van der Waals surface area (Å²) in [5, 5.41) is 8.99. The zero-order valence-electron chi connectivity index (χ0n) is 6.25. The van der Waals surface area contributed by atoms with Crippen LogP contribution in [-0.2, 0) is 0 Å². The summed E-state index contributed by atoms with van der Waals surface area (Å²) < 4.78 is 0. The number of aliphatic hydroxyl groups excluding tert-OH is 1. The van der Waals surface area contributed by atoms with Gasteiger partial charge in [0, 0.05) is 16.3 Å². The maximum Gasteiger partial charge on any atom is 0.190 e. The van der Waals surface area contributed by atoms with Gasteiger partial charge in [0.15, 0.2) is 5.78 Å². The van der Waals surface area contributed by atoms with E-state index in [0.29, 0.717) is 10.7 Å². The van der Waals surface area contributed by atoms with Gasteiger partial charge in [0.1, 0.15) is 6.61 Å². The van der Waals surface area contributed by atoms with Crippen LogP contribution in [0.4, 0.5) is 5.69 Å². The normalized spacial score (nSPS) is 9.83. The molecule has 4 heteroatoms. The highest BCUT2D eigenvalue weighted by Crippen LogP contribution is 2.17. The molecule has 0 aliphatic rings. The van der Waals surface area contributed by atoms with E-state index in [4.69, 9.17) is 22.4 Å². The van der Waals surface area contributed by atoms with Crippen LogP contribution in [0.15, 0.2) is 18.2 Å². The number of carbonyl (C=O) groups is 1. The average Bonchev–Trinajstić information content (AvgIpc) is 2.08. The van der Waals surface area contributed by atoms with Crippen molar-refractivity contribution in [3.8, 4) is 0 Å². The predicted molar refractivity (Wildman–Crippen MR) is 47.3 cm³/mol. The Balaban J connectivity index is 3.13. The predicted octanol–water partition coefficient (Wildman–Crippen LogP) is 1.10. The molecule has 1 aromatic rings. The Morgan fingerprint density at radius 3 is 2.83 bits per heavy atom. The molecule has 3 nitrogen and oxygen atoms in total. The molecular formula is C8H8ClNO2. The van der Waals surface area contributed by atoms with Gasteiger partial charge in [0.05, 0.1) is 0 Å². The molecule has 64 valence electrons. The van der Waals surface area contributed by atoms with E-state index in [0.717, 1.165) is 0 Å². The summed E-state index contributed by atoms with van der Waals surface area (Å²) in [5.74, 6) is -0.421. The van der Waals surface area contributed by atoms with Crippen molar-refractivity contribution in [3.63, 3.8) is 0 Å². The number of anilines is 1. The van der Waals surface area contributed by atoms with Gasteiger partial charge in [-0.3, -0.25) is 4.79 Å². The van der Waals surface area contributed by atoms with Crippen molar-refractivity contribution < 1.29 is 9.90 Å². The molecule has 0 heterocycles. The lowest BCUT2D eigenvalue weighted by atomic mass is 10.1. The number of hydrogen-bond donors (Lipinski definition) is 2. The summed E-state index contributed by atoms with van der Waals surface area (Å²) in [6.07, 6.45) is 0. The molecular weight excluding hydrogens is 178 g/mol. The van der Waals surface area contributed by atoms with Gasteiger partial charge in [-0.15, -0.1) is 0 Å². The van der Waals surface area contributed by atoms with Gasteiger partial charge < -0.3 is 10.8 Å². The molecule has 0 aromatic heterocycles. The van der Waals surface area contributed by atoms with E-state index in [9.17, 15) is 4.79 Å². The van der Waals surface area contributed by atoms with E-state index in [1.165, 1.54) is 12.1 Å². The highest BCUT2D eigenvalue weighted by molar-refractivity contribution is 6.31. The van der Waals surface area contributed by atoms with Crippen molar-refractivity contribution in [2.24, 2.45) is 0 Å². The SMILES string of the molecule is Nc1ccc(Cl)cc1C(=O)CO. The van der Waals surface area contributed by atoms with Crippen molar-refractivity contribution in [2.75, 3.05) is 12.3 Å². The summed E-state index contributed by atoms with van der Waals surface area (Å²) >= 11 is 5.63. The maximum absolute atomic E-state index is 11.0. The lowest BCUT2D eigenvalue weighted by Gasteiger charge is -2.02. The summed E-state index contributed by atoms with van der Waals surface area (Å²) in [6, 6.07) is 4.56. The quantitative estimate of drug-likeness (QED) is 0.536. The Hall–Kier alpha value is -1.06. The number of ketones is 1. The molecule has 0 aliphatic carbocycles. The van der Waals surface area contributed by atoms with Crippen LogP contribution in [-0.4, -0.2) is 17.5 Å². The van der Waals surface area contributed by atoms with E-state index >= 15 is 0 Å². The molecule has 0 atom stereocenters. The lowest BCUT2D eigenvalue weighted by molar-refractivity contribution is 0.0904. The van der Waals surface area contributed by atoms with Crippen molar-refractivity contribution in [1.82, 2.24) is 0 Å². The van der Waals surface area contributed by atoms with Gasteiger partial charge in [-0.25, -0.2) is 0 Å². The Bertz CT molecular complexity index is 312. The Kier molecular flexibility index (Phi) is 2.68. The highest BCUT2D eigenvalue weighted by Gasteiger charge is 2.08. The van der Waals surface area contributed by atoms with Crippen LogP contribution >= 0.6 is 11.6 Å². The third-order valence-electron chi connectivity index (χ3n) is 1.46. The topological polar surface area (TPSA) is 63.3 Å². The van der Waals surface area contributed by atoms with E-state index in [-0.39, 0.29) is 5.56 Å². The van der Waals surface area contributed by atoms with Crippen molar-refractivity contribution >= 4 is 23.1 Å². The molecule has 0 radical (unpaired) electrons. The number of benzene rings is 1. The molecule has 0 bridgehead atoms. The fraction of sp³-hybridized carbons (Fsp3) is 0.125. The van der Waals surface area contributed by atoms with Crippen molar-refractivity contribution in [2.45, 2.75) is 0 Å². The van der Waals surface area contributed by atoms with Gasteiger partial charge in [0.25, 0.3) is 0 Å². The number of carbonyl (C=O) groups excluding carboxylic acids is 1. The molecule has 1 rings (SSSR count). The van der Waals surface area contributed by atoms with Crippen LogP contribution < -0.4 is 5.73 Å². The third-order valence-corrected chi connectivity index (χ3v) is 1.69. The lowest BCUT2D eigenvalue weighted by Crippen LogP contribution is -2.07. The second-order valence-electron chi connectivity index (χ2n) is 2.31. The van der Waals surface area contributed by atoms with Crippen LogP contribution in [0.2, 0.25) is 5.02 Å². The standard InChI is InChI=1S/C8H8ClNO2/c9-5-1-2-7(10)6(3-5)8(12)4-11/h1-3,11H,4,10H2. The molecule has 0 unspecified atom stereocenters. The monoisotopic (exact) mass is 185 g/mol. The Morgan fingerprint density at radius 1 is 1.58 bits per heavy atom. The number of nitrogen functional groups attached to an aromatic ring is 1. The van der Waals surface area contributed by atoms with Crippen LogP contribution in [0.25, 0.3) is 0 Å². The van der Waals surface area contributed by atoms with Gasteiger partial charge in [-0.1, -0.05) is 11.6 Å². The first kappa shape index (κ1) is 9.03. The fourth-order valence-electron chi connectivity index (χ4n) is 0.855. The summed E-state index contributed by atoms with van der Waals surface area (Å²) in [4.78, 5) is 11.0. The molecule has 0 amide bonds. The van der Waals surface area contributed by atoms with Crippen LogP contribution in [0.3, 0.4) is 0 Å². The molecule has 12 heavy (non-hydrogen) atoms. The number of nitrogens with two attached hydrogens (primary N) is 1. The summed E-state index contributed by atoms with van der Waals surface area (Å²) in [7, 11) is 0. The van der Waals surface area contributed by atoms with Gasteiger partial charge >= 0.3 is 0 Å². The molecule has 3 N–H and O–H groups in total. The van der Waals surface area contributed by atoms with E-state index in [2.05, 4.69) is 0 Å². The number of halogens is 1. The Labute approximate surface area is 74.8 Å². The van der Waals surface area contributed by atoms with Gasteiger partial charge in [-0.05, 0) is 18.2 Å². The molecule has 0 saturated heterocycles. The largest absolute Gasteiger partial charge is 0.398 e.